The highest BCUT2D eigenvalue weighted by Crippen LogP contribution is 2.24. The normalized spacial score (nSPS) is 16.4. The van der Waals surface area contributed by atoms with E-state index in [0.29, 0.717) is 55.7 Å². The quantitative estimate of drug-likeness (QED) is 0.159. The van der Waals surface area contributed by atoms with Crippen LogP contribution in [0.4, 0.5) is 16.3 Å². The van der Waals surface area contributed by atoms with Crippen molar-refractivity contribution in [3.8, 4) is 0 Å². The Labute approximate surface area is 268 Å². The third kappa shape index (κ3) is 8.07. The Bertz CT molecular complexity index is 1670. The van der Waals surface area contributed by atoms with E-state index in [2.05, 4.69) is 46.1 Å². The van der Waals surface area contributed by atoms with Crippen LogP contribution in [0.5, 0.6) is 0 Å². The molecule has 4 N–H and O–H groups in total. The molecule has 3 aromatic rings. The number of aliphatic imine (C=N–C) groups is 1. The third-order valence-corrected chi connectivity index (χ3v) is 9.18. The zero-order chi connectivity index (χ0) is 32.7. The standard InChI is InChI=1S/C32H39N7O6Si/c1-46(2,3)20-19-45-21-39-26(40)14-13-24(31(39)38-15-17-44-18-16-38)29(41)36-37-32(43)35-28-30(42)33-25-12-8-7-11-23(25)27(34-28)22-9-5-4-6-10-22/h4-14,28H,15-21H2,1-3H3,(H,33,42)(H,36,41)(H2,35,37,43). The van der Waals surface area contributed by atoms with E-state index in [1.165, 1.54) is 16.7 Å². The Morgan fingerprint density at radius 1 is 0.978 bits per heavy atom. The first-order chi connectivity index (χ1) is 22.1. The van der Waals surface area contributed by atoms with Crippen molar-refractivity contribution in [3.63, 3.8) is 0 Å². The molecule has 1 unspecified atom stereocenters. The number of amides is 4. The second-order valence-electron chi connectivity index (χ2n) is 12.1. The molecule has 3 heterocycles. The number of carbonyl (C=O) groups excluding carboxylic acids is 3. The van der Waals surface area contributed by atoms with Gasteiger partial charge >= 0.3 is 6.03 Å². The zero-order valence-corrected chi connectivity index (χ0v) is 27.2. The van der Waals surface area contributed by atoms with Gasteiger partial charge in [-0.2, -0.15) is 0 Å². The maximum atomic E-state index is 13.5. The molecule has 46 heavy (non-hydrogen) atoms. The number of rotatable bonds is 9. The highest BCUT2D eigenvalue weighted by atomic mass is 28.3. The van der Waals surface area contributed by atoms with Crippen LogP contribution in [0.3, 0.4) is 0 Å². The number of nitrogens with zero attached hydrogens (tertiary/aromatic N) is 3. The lowest BCUT2D eigenvalue weighted by atomic mass is 10.0. The fourth-order valence-electron chi connectivity index (χ4n) is 5.04. The van der Waals surface area contributed by atoms with Crippen LogP contribution in [0.2, 0.25) is 25.7 Å². The average molecular weight is 646 g/mol. The second kappa shape index (κ2) is 14.5. The van der Waals surface area contributed by atoms with E-state index in [1.807, 2.05) is 47.4 Å². The number of fused-ring (bicyclic) bond motifs is 1. The van der Waals surface area contributed by atoms with Gasteiger partial charge in [0.05, 0.1) is 30.2 Å². The molecule has 1 saturated heterocycles. The summed E-state index contributed by atoms with van der Waals surface area (Å²) in [6.45, 7) is 8.99. The van der Waals surface area contributed by atoms with Crippen LogP contribution in [-0.2, 0) is 21.0 Å². The van der Waals surface area contributed by atoms with Crippen LogP contribution in [-0.4, -0.2) is 75.3 Å². The summed E-state index contributed by atoms with van der Waals surface area (Å²) in [6, 6.07) is 19.4. The Morgan fingerprint density at radius 2 is 1.70 bits per heavy atom. The van der Waals surface area contributed by atoms with Gasteiger partial charge in [-0.25, -0.2) is 15.2 Å². The predicted octanol–water partition coefficient (Wildman–Crippen LogP) is 2.76. The van der Waals surface area contributed by atoms with E-state index in [-0.39, 0.29) is 17.9 Å². The van der Waals surface area contributed by atoms with E-state index in [0.717, 1.165) is 11.6 Å². The van der Waals surface area contributed by atoms with Gasteiger partial charge in [0.25, 0.3) is 17.4 Å². The lowest BCUT2D eigenvalue weighted by molar-refractivity contribution is -0.117. The summed E-state index contributed by atoms with van der Waals surface area (Å²) in [4.78, 5) is 59.0. The van der Waals surface area contributed by atoms with E-state index >= 15 is 0 Å². The molecule has 1 aromatic heterocycles. The highest BCUT2D eigenvalue weighted by Gasteiger charge is 2.28. The van der Waals surface area contributed by atoms with Crippen LogP contribution in [0, 0.1) is 0 Å². The van der Waals surface area contributed by atoms with E-state index in [1.54, 1.807) is 12.1 Å². The summed E-state index contributed by atoms with van der Waals surface area (Å²) in [7, 11) is -1.35. The predicted molar refractivity (Wildman–Crippen MR) is 178 cm³/mol. The van der Waals surface area contributed by atoms with Gasteiger partial charge in [0.2, 0.25) is 6.17 Å². The van der Waals surface area contributed by atoms with E-state index in [4.69, 9.17) is 9.47 Å². The molecule has 0 bridgehead atoms. The molecule has 0 spiro atoms. The minimum atomic E-state index is -1.35. The van der Waals surface area contributed by atoms with E-state index in [9.17, 15) is 19.2 Å². The summed E-state index contributed by atoms with van der Waals surface area (Å²) >= 11 is 0. The van der Waals surface area contributed by atoms with Gasteiger partial charge in [-0.15, -0.1) is 0 Å². The monoisotopic (exact) mass is 645 g/mol. The molecule has 5 rings (SSSR count). The topological polar surface area (TPSA) is 155 Å². The van der Waals surface area contributed by atoms with Crippen molar-refractivity contribution in [1.29, 1.82) is 0 Å². The molecular formula is C32H39N7O6Si. The lowest BCUT2D eigenvalue weighted by Gasteiger charge is -2.32. The van der Waals surface area contributed by atoms with Gasteiger partial charge in [-0.3, -0.25) is 24.4 Å². The molecule has 0 aliphatic carbocycles. The average Bonchev–Trinajstić information content (AvgIpc) is 3.18. The zero-order valence-electron chi connectivity index (χ0n) is 26.2. The molecule has 0 saturated carbocycles. The molecule has 242 valence electrons. The van der Waals surface area contributed by atoms with Gasteiger partial charge < -0.3 is 25.0 Å². The summed E-state index contributed by atoms with van der Waals surface area (Å²) in [6.07, 6.45) is -1.29. The Hall–Kier alpha value is -4.79. The maximum Gasteiger partial charge on any atom is 0.335 e. The number of hydrazine groups is 1. The number of benzodiazepines with no additional fused rings is 1. The van der Waals surface area contributed by atoms with Crippen molar-refractivity contribution in [1.82, 2.24) is 20.7 Å². The molecule has 1 fully saturated rings. The SMILES string of the molecule is C[Si](C)(C)CCOCn1c(N2CCOCC2)c(C(=O)NNC(=O)NC2N=C(c3ccccc3)c3ccccc3NC2=O)ccc1=O. The Balaban J connectivity index is 1.32. The number of morpholine rings is 1. The lowest BCUT2D eigenvalue weighted by Crippen LogP contribution is -2.52. The first-order valence-corrected chi connectivity index (χ1v) is 18.9. The van der Waals surface area contributed by atoms with Crippen LogP contribution in [0.15, 0.2) is 76.5 Å². The minimum absolute atomic E-state index is 0.0219. The molecular weight excluding hydrogens is 606 g/mol. The number of benzene rings is 2. The van der Waals surface area contributed by atoms with Gasteiger partial charge in [-0.05, 0) is 18.2 Å². The van der Waals surface area contributed by atoms with E-state index < -0.39 is 32.1 Å². The van der Waals surface area contributed by atoms with Gasteiger partial charge in [0.1, 0.15) is 12.5 Å². The number of urea groups is 1. The number of carbonyl (C=O) groups is 3. The smallest absolute Gasteiger partial charge is 0.335 e. The summed E-state index contributed by atoms with van der Waals surface area (Å²) in [5, 5.41) is 5.34. The maximum absolute atomic E-state index is 13.5. The van der Waals surface area contributed by atoms with Gasteiger partial charge in [0.15, 0.2) is 0 Å². The second-order valence-corrected chi connectivity index (χ2v) is 17.7. The molecule has 2 aliphatic heterocycles. The van der Waals surface area contributed by atoms with Gasteiger partial charge in [-0.1, -0.05) is 68.2 Å². The molecule has 2 aliphatic rings. The highest BCUT2D eigenvalue weighted by molar-refractivity contribution is 6.76. The summed E-state index contributed by atoms with van der Waals surface area (Å²) in [5.74, 6) is -0.823. The molecule has 14 heteroatoms. The largest absolute Gasteiger partial charge is 0.378 e. The van der Waals surface area contributed by atoms with Crippen molar-refractivity contribution in [2.45, 2.75) is 38.6 Å². The first kappa shape index (κ1) is 32.6. The summed E-state index contributed by atoms with van der Waals surface area (Å²) in [5.41, 5.74) is 7.13. The number of anilines is 2. The third-order valence-electron chi connectivity index (χ3n) is 7.48. The molecule has 2 aromatic carbocycles. The van der Waals surface area contributed by atoms with Crippen LogP contribution in [0.25, 0.3) is 0 Å². The fraction of sp³-hybridized carbons (Fsp3) is 0.344. The number of hydrogen-bond donors (Lipinski definition) is 4. The van der Waals surface area contributed by atoms with Crippen LogP contribution < -0.4 is 31.9 Å². The fourth-order valence-corrected chi connectivity index (χ4v) is 5.80. The number of para-hydroxylation sites is 1. The number of hydrogen-bond acceptors (Lipinski definition) is 8. The number of ether oxygens (including phenoxy) is 2. The number of aromatic nitrogens is 1. The van der Waals surface area contributed by atoms with Gasteiger partial charge in [0, 0.05) is 45.0 Å². The van der Waals surface area contributed by atoms with Crippen LogP contribution in [0.1, 0.15) is 21.5 Å². The number of nitrogens with one attached hydrogen (secondary N) is 4. The van der Waals surface area contributed by atoms with Crippen molar-refractivity contribution in [2.75, 3.05) is 43.1 Å². The molecule has 4 amide bonds. The van der Waals surface area contributed by atoms with Crippen molar-refractivity contribution in [3.05, 3.63) is 93.8 Å². The number of pyridine rings is 1. The Kier molecular flexibility index (Phi) is 10.3. The molecule has 0 radical (unpaired) electrons. The minimum Gasteiger partial charge on any atom is -0.378 e. The summed E-state index contributed by atoms with van der Waals surface area (Å²) < 4.78 is 12.8. The van der Waals surface area contributed by atoms with Crippen molar-refractivity contribution < 1.29 is 23.9 Å². The van der Waals surface area contributed by atoms with Crippen LogP contribution >= 0.6 is 0 Å². The Morgan fingerprint density at radius 3 is 2.43 bits per heavy atom. The van der Waals surface area contributed by atoms with Crippen molar-refractivity contribution in [2.24, 2.45) is 4.99 Å². The van der Waals surface area contributed by atoms with Crippen molar-refractivity contribution >= 4 is 43.1 Å². The first-order valence-electron chi connectivity index (χ1n) is 15.2. The molecule has 13 nitrogen and oxygen atoms in total. The molecule has 1 atom stereocenters.